The maximum Gasteiger partial charge on any atom is 0.275 e. The molecule has 150 valence electrons. The summed E-state index contributed by atoms with van der Waals surface area (Å²) in [5.41, 5.74) is 3.81. The van der Waals surface area contributed by atoms with Crippen LogP contribution in [0.5, 0.6) is 11.5 Å². The Kier molecular flexibility index (Phi) is 5.25. The summed E-state index contributed by atoms with van der Waals surface area (Å²) in [6, 6.07) is 15.5. The summed E-state index contributed by atoms with van der Waals surface area (Å²) in [7, 11) is 1.74. The van der Waals surface area contributed by atoms with Gasteiger partial charge in [-0.1, -0.05) is 29.4 Å². The molecule has 1 aliphatic heterocycles. The van der Waals surface area contributed by atoms with Gasteiger partial charge in [0.15, 0.2) is 11.5 Å². The SMILES string of the molecule is Cc1ccc(OCc2cc(C(=O)N(C)CC3Cc4ccccc4O3)no2)cc1C. The molecule has 0 saturated heterocycles. The normalized spacial score (nSPS) is 14.9. The first-order valence-electron chi connectivity index (χ1n) is 9.65. The highest BCUT2D eigenvalue weighted by atomic mass is 16.5. The molecule has 0 saturated carbocycles. The highest BCUT2D eigenvalue weighted by Gasteiger charge is 2.26. The number of ether oxygens (including phenoxy) is 2. The molecule has 3 aromatic rings. The molecular formula is C23H24N2O4. The molecule has 6 heteroatoms. The van der Waals surface area contributed by atoms with E-state index in [9.17, 15) is 4.79 Å². The van der Waals surface area contributed by atoms with Gasteiger partial charge in [0.1, 0.15) is 24.2 Å². The number of hydrogen-bond donors (Lipinski definition) is 0. The van der Waals surface area contributed by atoms with Gasteiger partial charge in [0.2, 0.25) is 0 Å². The second-order valence-electron chi connectivity index (χ2n) is 7.45. The summed E-state index contributed by atoms with van der Waals surface area (Å²) in [4.78, 5) is 14.3. The zero-order valence-electron chi connectivity index (χ0n) is 16.8. The van der Waals surface area contributed by atoms with Crippen LogP contribution in [0, 0.1) is 13.8 Å². The predicted molar refractivity (Wildman–Crippen MR) is 108 cm³/mol. The van der Waals surface area contributed by atoms with Gasteiger partial charge in [-0.3, -0.25) is 4.79 Å². The average molecular weight is 392 g/mol. The van der Waals surface area contributed by atoms with E-state index in [0.717, 1.165) is 23.5 Å². The van der Waals surface area contributed by atoms with Crippen LogP contribution in [0.15, 0.2) is 53.1 Å². The standard InChI is InChI=1S/C23H24N2O4/c1-15-8-9-18(10-16(15)2)27-14-20-12-21(24-29-20)23(26)25(3)13-19-11-17-6-4-5-7-22(17)28-19/h4-10,12,19H,11,13-14H2,1-3H3. The fraction of sp³-hybridized carbons (Fsp3) is 0.304. The van der Waals surface area contributed by atoms with Crippen molar-refractivity contribution in [3.05, 3.63) is 76.7 Å². The van der Waals surface area contributed by atoms with Gasteiger partial charge < -0.3 is 18.9 Å². The van der Waals surface area contributed by atoms with Crippen molar-refractivity contribution in [1.82, 2.24) is 10.1 Å². The Labute approximate surface area is 170 Å². The van der Waals surface area contributed by atoms with Crippen molar-refractivity contribution >= 4 is 5.91 Å². The number of para-hydroxylation sites is 1. The number of aromatic nitrogens is 1. The number of benzene rings is 2. The first kappa shape index (κ1) is 19.1. The van der Waals surface area contributed by atoms with E-state index in [-0.39, 0.29) is 24.3 Å². The third kappa shape index (κ3) is 4.26. The minimum Gasteiger partial charge on any atom is -0.488 e. The molecule has 2 aromatic carbocycles. The molecule has 0 fully saturated rings. The second-order valence-corrected chi connectivity index (χ2v) is 7.45. The summed E-state index contributed by atoms with van der Waals surface area (Å²) < 4.78 is 16.9. The zero-order valence-corrected chi connectivity index (χ0v) is 16.8. The largest absolute Gasteiger partial charge is 0.488 e. The van der Waals surface area contributed by atoms with Crippen molar-refractivity contribution in [3.8, 4) is 11.5 Å². The van der Waals surface area contributed by atoms with Crippen LogP contribution in [0.2, 0.25) is 0 Å². The van der Waals surface area contributed by atoms with Crippen LogP contribution < -0.4 is 9.47 Å². The van der Waals surface area contributed by atoms with Gasteiger partial charge in [-0.25, -0.2) is 0 Å². The van der Waals surface area contributed by atoms with Crippen molar-refractivity contribution in [2.24, 2.45) is 0 Å². The van der Waals surface area contributed by atoms with E-state index in [1.807, 2.05) is 43.3 Å². The van der Waals surface area contributed by atoms with Crippen molar-refractivity contribution in [3.63, 3.8) is 0 Å². The first-order valence-corrected chi connectivity index (χ1v) is 9.65. The average Bonchev–Trinajstić information content (AvgIpc) is 3.34. The molecule has 0 spiro atoms. The number of rotatable bonds is 6. The molecule has 0 radical (unpaired) electrons. The molecular weight excluding hydrogens is 368 g/mol. The van der Waals surface area contributed by atoms with E-state index < -0.39 is 0 Å². The van der Waals surface area contributed by atoms with Crippen molar-refractivity contribution in [2.75, 3.05) is 13.6 Å². The van der Waals surface area contributed by atoms with E-state index in [2.05, 4.69) is 18.1 Å². The molecule has 2 heterocycles. The van der Waals surface area contributed by atoms with Gasteiger partial charge in [-0.2, -0.15) is 0 Å². The van der Waals surface area contributed by atoms with Gasteiger partial charge >= 0.3 is 0 Å². The summed E-state index contributed by atoms with van der Waals surface area (Å²) in [6.07, 6.45) is 0.739. The quantitative estimate of drug-likeness (QED) is 0.636. The maximum atomic E-state index is 12.7. The molecule has 0 bridgehead atoms. The van der Waals surface area contributed by atoms with Crippen LogP contribution in [0.1, 0.15) is 32.9 Å². The molecule has 1 aromatic heterocycles. The third-order valence-electron chi connectivity index (χ3n) is 5.18. The molecule has 29 heavy (non-hydrogen) atoms. The lowest BCUT2D eigenvalue weighted by molar-refractivity contribution is 0.0720. The number of likely N-dealkylation sites (N-methyl/N-ethyl adjacent to an activating group) is 1. The van der Waals surface area contributed by atoms with Crippen LogP contribution in [-0.4, -0.2) is 35.7 Å². The number of hydrogen-bond acceptors (Lipinski definition) is 5. The van der Waals surface area contributed by atoms with E-state index in [4.69, 9.17) is 14.0 Å². The lowest BCUT2D eigenvalue weighted by atomic mass is 10.1. The predicted octanol–water partition coefficient (Wildman–Crippen LogP) is 3.95. The van der Waals surface area contributed by atoms with E-state index in [1.54, 1.807) is 18.0 Å². The van der Waals surface area contributed by atoms with Crippen molar-refractivity contribution in [1.29, 1.82) is 0 Å². The Hall–Kier alpha value is -3.28. The highest BCUT2D eigenvalue weighted by molar-refractivity contribution is 5.92. The Morgan fingerprint density at radius 1 is 1.17 bits per heavy atom. The minimum absolute atomic E-state index is 0.0548. The molecule has 1 aliphatic rings. The van der Waals surface area contributed by atoms with E-state index in [1.165, 1.54) is 11.1 Å². The number of aryl methyl sites for hydroxylation is 2. The Bertz CT molecular complexity index is 1000. The Morgan fingerprint density at radius 3 is 2.79 bits per heavy atom. The van der Waals surface area contributed by atoms with Gasteiger partial charge in [0, 0.05) is 19.5 Å². The molecule has 0 aliphatic carbocycles. The second kappa shape index (κ2) is 7.99. The number of carbonyl (C=O) groups is 1. The van der Waals surface area contributed by atoms with Gasteiger partial charge in [0.05, 0.1) is 6.54 Å². The topological polar surface area (TPSA) is 64.8 Å². The summed E-state index contributed by atoms with van der Waals surface area (Å²) in [5.74, 6) is 1.95. The zero-order chi connectivity index (χ0) is 20.4. The van der Waals surface area contributed by atoms with Gasteiger partial charge in [0.25, 0.3) is 5.91 Å². The molecule has 6 nitrogen and oxygen atoms in total. The van der Waals surface area contributed by atoms with E-state index in [0.29, 0.717) is 12.3 Å². The monoisotopic (exact) mass is 392 g/mol. The number of carbonyl (C=O) groups excluding carboxylic acids is 1. The fourth-order valence-corrected chi connectivity index (χ4v) is 3.38. The van der Waals surface area contributed by atoms with Crippen molar-refractivity contribution in [2.45, 2.75) is 33.0 Å². The van der Waals surface area contributed by atoms with Crippen LogP contribution in [-0.2, 0) is 13.0 Å². The maximum absolute atomic E-state index is 12.7. The minimum atomic E-state index is -0.203. The molecule has 1 amide bonds. The van der Waals surface area contributed by atoms with Crippen LogP contribution in [0.3, 0.4) is 0 Å². The Morgan fingerprint density at radius 2 is 2.00 bits per heavy atom. The smallest absolute Gasteiger partial charge is 0.275 e. The summed E-state index contributed by atoms with van der Waals surface area (Å²) in [6.45, 7) is 4.79. The van der Waals surface area contributed by atoms with Gasteiger partial charge in [-0.15, -0.1) is 0 Å². The number of amides is 1. The number of fused-ring (bicyclic) bond motifs is 1. The van der Waals surface area contributed by atoms with Crippen LogP contribution in [0.4, 0.5) is 0 Å². The lowest BCUT2D eigenvalue weighted by Crippen LogP contribution is -2.36. The molecule has 0 N–H and O–H groups in total. The van der Waals surface area contributed by atoms with E-state index >= 15 is 0 Å². The third-order valence-corrected chi connectivity index (χ3v) is 5.18. The van der Waals surface area contributed by atoms with Crippen molar-refractivity contribution < 1.29 is 18.8 Å². The fourth-order valence-electron chi connectivity index (χ4n) is 3.38. The van der Waals surface area contributed by atoms with Crippen LogP contribution >= 0.6 is 0 Å². The van der Waals surface area contributed by atoms with Crippen LogP contribution in [0.25, 0.3) is 0 Å². The molecule has 4 rings (SSSR count). The number of nitrogens with zero attached hydrogens (tertiary/aromatic N) is 2. The molecule has 1 atom stereocenters. The first-order chi connectivity index (χ1) is 14.0. The lowest BCUT2D eigenvalue weighted by Gasteiger charge is -2.19. The summed E-state index contributed by atoms with van der Waals surface area (Å²) in [5, 5.41) is 3.91. The molecule has 1 unspecified atom stereocenters. The Balaban J connectivity index is 1.32. The summed E-state index contributed by atoms with van der Waals surface area (Å²) >= 11 is 0. The highest BCUT2D eigenvalue weighted by Crippen LogP contribution is 2.28. The van der Waals surface area contributed by atoms with Gasteiger partial charge in [-0.05, 0) is 48.7 Å².